The maximum atomic E-state index is 12.9. The zero-order valence-electron chi connectivity index (χ0n) is 19.0. The van der Waals surface area contributed by atoms with Crippen LogP contribution in [0.2, 0.25) is 0 Å². The predicted octanol–water partition coefficient (Wildman–Crippen LogP) is 7.02. The summed E-state index contributed by atoms with van der Waals surface area (Å²) in [5.74, 6) is -0.396. The number of carbonyl (C=O) groups excluding carboxylic acids is 1. The number of aromatic nitrogens is 1. The van der Waals surface area contributed by atoms with Gasteiger partial charge in [0.15, 0.2) is 5.88 Å². The van der Waals surface area contributed by atoms with Gasteiger partial charge in [-0.2, -0.15) is 0 Å². The summed E-state index contributed by atoms with van der Waals surface area (Å²) in [5.41, 5.74) is 7.98. The number of amides is 1. The summed E-state index contributed by atoms with van der Waals surface area (Å²) in [6, 6.07) is 25.9. The second-order valence-electron chi connectivity index (χ2n) is 8.26. The number of aliphatic imine (C=N–C) groups is 1. The highest BCUT2D eigenvalue weighted by Gasteiger charge is 2.33. The Hall–Kier alpha value is -4.44. The quantitative estimate of drug-likeness (QED) is 0.325. The van der Waals surface area contributed by atoms with E-state index in [0.29, 0.717) is 22.5 Å². The van der Waals surface area contributed by atoms with Crippen LogP contribution in [-0.4, -0.2) is 21.7 Å². The fourth-order valence-electron chi connectivity index (χ4n) is 4.26. The second kappa shape index (κ2) is 8.83. The molecule has 1 amide bonds. The molecule has 2 N–H and O–H groups in total. The minimum Gasteiger partial charge on any atom is -0.494 e. The Morgan fingerprint density at radius 2 is 1.44 bits per heavy atom. The molecule has 0 spiro atoms. The average molecular weight is 445 g/mol. The first kappa shape index (κ1) is 21.4. The molecule has 4 heteroatoms. The highest BCUT2D eigenvalue weighted by molar-refractivity contribution is 6.30. The molecule has 0 aliphatic carbocycles. The first-order valence-electron chi connectivity index (χ1n) is 11.2. The Bertz CT molecular complexity index is 1450. The van der Waals surface area contributed by atoms with E-state index < -0.39 is 0 Å². The van der Waals surface area contributed by atoms with Crippen LogP contribution in [0.4, 0.5) is 0 Å². The van der Waals surface area contributed by atoms with Gasteiger partial charge in [-0.15, -0.1) is 0 Å². The fourth-order valence-corrected chi connectivity index (χ4v) is 4.26. The Labute approximate surface area is 198 Å². The minimum atomic E-state index is -0.350. The van der Waals surface area contributed by atoms with Gasteiger partial charge in [0, 0.05) is 5.56 Å². The highest BCUT2D eigenvalue weighted by atomic mass is 16.3. The van der Waals surface area contributed by atoms with E-state index in [1.54, 1.807) is 0 Å². The number of nitrogens with zero attached hydrogens (tertiary/aromatic N) is 1. The van der Waals surface area contributed by atoms with Crippen LogP contribution in [0.3, 0.4) is 0 Å². The monoisotopic (exact) mass is 444 g/mol. The van der Waals surface area contributed by atoms with Gasteiger partial charge >= 0.3 is 0 Å². The molecule has 1 aromatic heterocycles. The van der Waals surface area contributed by atoms with Crippen molar-refractivity contribution in [2.24, 2.45) is 4.99 Å². The molecule has 2 heterocycles. The number of hydrogen-bond acceptors (Lipinski definition) is 2. The molecule has 5 rings (SSSR count). The van der Waals surface area contributed by atoms with E-state index in [0.717, 1.165) is 33.4 Å². The molecule has 4 nitrogen and oxygen atoms in total. The lowest BCUT2D eigenvalue weighted by molar-refractivity contribution is 0.101. The first-order chi connectivity index (χ1) is 16.6. The number of fused-ring (bicyclic) bond motifs is 1. The van der Waals surface area contributed by atoms with Crippen LogP contribution in [0.25, 0.3) is 28.0 Å². The lowest BCUT2D eigenvalue weighted by Gasteiger charge is -2.05. The van der Waals surface area contributed by atoms with Gasteiger partial charge in [-0.1, -0.05) is 97.1 Å². The fraction of sp³-hybridized carbons (Fsp3) is 0.0667. The summed E-state index contributed by atoms with van der Waals surface area (Å²) in [7, 11) is 0. The van der Waals surface area contributed by atoms with Crippen molar-refractivity contribution < 1.29 is 9.90 Å². The summed E-state index contributed by atoms with van der Waals surface area (Å²) in [4.78, 5) is 20.2. The van der Waals surface area contributed by atoms with E-state index in [1.807, 2.05) is 85.8 Å². The summed E-state index contributed by atoms with van der Waals surface area (Å²) in [5, 5.41) is 10.7. The van der Waals surface area contributed by atoms with Crippen molar-refractivity contribution in [1.82, 2.24) is 4.98 Å². The molecule has 0 radical (unpaired) electrons. The molecule has 0 bridgehead atoms. The molecule has 4 aromatic rings. The van der Waals surface area contributed by atoms with Crippen molar-refractivity contribution >= 4 is 17.2 Å². The van der Waals surface area contributed by atoms with Crippen molar-refractivity contribution in [2.45, 2.75) is 13.8 Å². The molecule has 0 unspecified atom stereocenters. The molecule has 0 atom stereocenters. The van der Waals surface area contributed by atoms with Gasteiger partial charge in [0.05, 0.1) is 22.5 Å². The SMILES string of the molecule is C/C=C\C=C(/C)c1ccc(-c2[nH]c(O)c3c2C(=O)N=C3c2ccc(-c3ccccc3)cc2)cc1. The summed E-state index contributed by atoms with van der Waals surface area (Å²) in [6.45, 7) is 4.04. The Balaban J connectivity index is 1.48. The van der Waals surface area contributed by atoms with Crippen LogP contribution >= 0.6 is 0 Å². The third-order valence-electron chi connectivity index (χ3n) is 6.08. The number of aromatic amines is 1. The largest absolute Gasteiger partial charge is 0.494 e. The van der Waals surface area contributed by atoms with Crippen LogP contribution in [0, 0.1) is 0 Å². The maximum absolute atomic E-state index is 12.9. The predicted molar refractivity (Wildman–Crippen MR) is 138 cm³/mol. The van der Waals surface area contributed by atoms with Gasteiger partial charge in [0.2, 0.25) is 0 Å². The number of H-pyrrole nitrogens is 1. The number of allylic oxidation sites excluding steroid dienone is 4. The zero-order chi connectivity index (χ0) is 23.7. The molecule has 0 saturated heterocycles. The van der Waals surface area contributed by atoms with Crippen molar-refractivity contribution in [3.63, 3.8) is 0 Å². The number of rotatable bonds is 5. The Morgan fingerprint density at radius 1 is 0.824 bits per heavy atom. The molecule has 0 saturated carbocycles. The summed E-state index contributed by atoms with van der Waals surface area (Å²) in [6.07, 6.45) is 6.05. The highest BCUT2D eigenvalue weighted by Crippen LogP contribution is 2.38. The molecule has 34 heavy (non-hydrogen) atoms. The molecule has 1 aliphatic rings. The molecular formula is C30H24N2O2. The van der Waals surface area contributed by atoms with Crippen LogP contribution in [0.1, 0.15) is 40.9 Å². The average Bonchev–Trinajstić information content (AvgIpc) is 3.41. The van der Waals surface area contributed by atoms with E-state index in [9.17, 15) is 9.90 Å². The van der Waals surface area contributed by atoms with Crippen molar-refractivity contribution in [1.29, 1.82) is 0 Å². The number of benzene rings is 3. The molecule has 0 fully saturated rings. The van der Waals surface area contributed by atoms with E-state index in [4.69, 9.17) is 0 Å². The normalized spacial score (nSPS) is 13.4. The number of carbonyl (C=O) groups is 1. The zero-order valence-corrected chi connectivity index (χ0v) is 19.0. The Morgan fingerprint density at radius 3 is 2.12 bits per heavy atom. The van der Waals surface area contributed by atoms with Gasteiger partial charge < -0.3 is 10.1 Å². The van der Waals surface area contributed by atoms with Crippen LogP contribution in [-0.2, 0) is 0 Å². The van der Waals surface area contributed by atoms with Gasteiger partial charge in [0.25, 0.3) is 5.91 Å². The standard InChI is InChI=1S/C30H24N2O2/c1-3-4-8-19(2)20-11-15-23(16-12-20)27-25-26(30(34)31-27)28(32-29(25)33)24-17-13-22(14-18-24)21-9-6-5-7-10-21/h3-18,31,34H,1-2H3/b4-3-,19-8+. The summed E-state index contributed by atoms with van der Waals surface area (Å²) < 4.78 is 0. The number of aromatic hydroxyl groups is 1. The molecular weight excluding hydrogens is 420 g/mol. The minimum absolute atomic E-state index is 0.0463. The first-order valence-corrected chi connectivity index (χ1v) is 11.2. The molecule has 3 aromatic carbocycles. The maximum Gasteiger partial charge on any atom is 0.280 e. The van der Waals surface area contributed by atoms with Crippen molar-refractivity contribution in [3.8, 4) is 28.3 Å². The van der Waals surface area contributed by atoms with Crippen molar-refractivity contribution in [3.05, 3.63) is 119 Å². The van der Waals surface area contributed by atoms with E-state index in [-0.39, 0.29) is 11.8 Å². The van der Waals surface area contributed by atoms with Gasteiger partial charge in [0.1, 0.15) is 0 Å². The lowest BCUT2D eigenvalue weighted by atomic mass is 9.97. The third-order valence-corrected chi connectivity index (χ3v) is 6.08. The number of nitrogens with one attached hydrogen (secondary N) is 1. The Kier molecular flexibility index (Phi) is 5.56. The number of hydrogen-bond donors (Lipinski definition) is 2. The smallest absolute Gasteiger partial charge is 0.280 e. The summed E-state index contributed by atoms with van der Waals surface area (Å²) >= 11 is 0. The van der Waals surface area contributed by atoms with Crippen molar-refractivity contribution in [2.75, 3.05) is 0 Å². The van der Waals surface area contributed by atoms with E-state index >= 15 is 0 Å². The molecule has 1 aliphatic heterocycles. The van der Waals surface area contributed by atoms with E-state index in [1.165, 1.54) is 0 Å². The van der Waals surface area contributed by atoms with Crippen LogP contribution < -0.4 is 0 Å². The van der Waals surface area contributed by atoms with E-state index in [2.05, 4.69) is 35.1 Å². The third kappa shape index (κ3) is 3.80. The second-order valence-corrected chi connectivity index (χ2v) is 8.26. The van der Waals surface area contributed by atoms with Crippen LogP contribution in [0.5, 0.6) is 5.88 Å². The van der Waals surface area contributed by atoms with Gasteiger partial charge in [-0.25, -0.2) is 4.99 Å². The topological polar surface area (TPSA) is 65.4 Å². The lowest BCUT2D eigenvalue weighted by Crippen LogP contribution is -1.99. The van der Waals surface area contributed by atoms with Gasteiger partial charge in [-0.3, -0.25) is 4.79 Å². The molecule has 166 valence electrons. The van der Waals surface area contributed by atoms with Crippen LogP contribution in [0.15, 0.2) is 102 Å². The van der Waals surface area contributed by atoms with Gasteiger partial charge in [-0.05, 0) is 41.7 Å².